The quantitative estimate of drug-likeness (QED) is 0.319. The van der Waals surface area contributed by atoms with Crippen LogP contribution >= 0.6 is 0 Å². The fourth-order valence-electron chi connectivity index (χ4n) is 3.08. The van der Waals surface area contributed by atoms with Gasteiger partial charge in [-0.05, 0) is 32.1 Å². The molecule has 3 amide bonds. The third-order valence-corrected chi connectivity index (χ3v) is 4.41. The molecule has 1 saturated heterocycles. The van der Waals surface area contributed by atoms with Gasteiger partial charge in [0.1, 0.15) is 18.1 Å². The van der Waals surface area contributed by atoms with Crippen molar-refractivity contribution >= 4 is 23.7 Å². The Hall–Kier alpha value is -2.20. The third kappa shape index (κ3) is 6.47. The number of aliphatic carboxylic acids is 1. The molecule has 0 aromatic heterocycles. The molecule has 10 heteroatoms. The second-order valence-corrected chi connectivity index (χ2v) is 7.21. The molecule has 27 heavy (non-hydrogen) atoms. The van der Waals surface area contributed by atoms with Gasteiger partial charge in [-0.1, -0.05) is 13.8 Å². The maximum Gasteiger partial charge on any atom is 0.326 e. The highest BCUT2D eigenvalue weighted by atomic mass is 16.4. The topological polar surface area (TPSA) is 162 Å². The first kappa shape index (κ1) is 22.8. The third-order valence-electron chi connectivity index (χ3n) is 4.41. The Bertz CT molecular complexity index is 566. The zero-order valence-electron chi connectivity index (χ0n) is 16.0. The fourth-order valence-corrected chi connectivity index (χ4v) is 3.08. The number of hydrogen-bond acceptors (Lipinski definition) is 6. The molecule has 1 rings (SSSR count). The summed E-state index contributed by atoms with van der Waals surface area (Å²) in [5.41, 5.74) is 5.22. The van der Waals surface area contributed by atoms with Gasteiger partial charge in [0.2, 0.25) is 17.7 Å². The second kappa shape index (κ2) is 10.2. The van der Waals surface area contributed by atoms with Gasteiger partial charge in [-0.15, -0.1) is 0 Å². The molecule has 0 spiro atoms. The largest absolute Gasteiger partial charge is 0.480 e. The predicted octanol–water partition coefficient (Wildman–Crippen LogP) is -1.58. The van der Waals surface area contributed by atoms with Crippen molar-refractivity contribution in [3.8, 4) is 0 Å². The summed E-state index contributed by atoms with van der Waals surface area (Å²) in [6, 6.07) is -3.13. The standard InChI is InChI=1S/C17H30N4O6/c1-9(2)7-11(16(25)21-6-4-5-12(21)17(26)27)19-15(24)14(10(3)22)20-13(23)8-18/h9-12,14,22H,4-8,18H2,1-3H3,(H,19,24)(H,20,23)(H,26,27). The number of likely N-dealkylation sites (tertiary alicyclic amines) is 1. The summed E-state index contributed by atoms with van der Waals surface area (Å²) in [6.07, 6.45) is 0.0409. The maximum absolute atomic E-state index is 12.9. The number of carboxylic acid groups (broad SMARTS) is 1. The average Bonchev–Trinajstić information content (AvgIpc) is 3.07. The van der Waals surface area contributed by atoms with Crippen LogP contribution in [0.25, 0.3) is 0 Å². The number of nitrogens with zero attached hydrogens (tertiary/aromatic N) is 1. The smallest absolute Gasteiger partial charge is 0.326 e. The molecule has 1 heterocycles. The van der Waals surface area contributed by atoms with Crippen molar-refractivity contribution in [3.05, 3.63) is 0 Å². The van der Waals surface area contributed by atoms with E-state index in [1.807, 2.05) is 13.8 Å². The molecule has 0 saturated carbocycles. The zero-order valence-corrected chi connectivity index (χ0v) is 16.0. The summed E-state index contributed by atoms with van der Waals surface area (Å²) in [5, 5.41) is 24.0. The molecule has 0 aromatic rings. The number of carbonyl (C=O) groups excluding carboxylic acids is 3. The number of amides is 3. The molecular weight excluding hydrogens is 356 g/mol. The van der Waals surface area contributed by atoms with Gasteiger partial charge in [0, 0.05) is 6.54 Å². The van der Waals surface area contributed by atoms with Crippen molar-refractivity contribution < 1.29 is 29.4 Å². The zero-order chi connectivity index (χ0) is 20.7. The van der Waals surface area contributed by atoms with Crippen LogP contribution in [0.5, 0.6) is 0 Å². The Morgan fingerprint density at radius 1 is 1.19 bits per heavy atom. The summed E-state index contributed by atoms with van der Waals surface area (Å²) in [5.74, 6) is -2.84. The van der Waals surface area contributed by atoms with Crippen LogP contribution in [0.4, 0.5) is 0 Å². The van der Waals surface area contributed by atoms with Gasteiger partial charge in [0.05, 0.1) is 12.6 Å². The molecule has 10 nitrogen and oxygen atoms in total. The highest BCUT2D eigenvalue weighted by molar-refractivity contribution is 5.94. The van der Waals surface area contributed by atoms with Crippen LogP contribution in [0.1, 0.15) is 40.0 Å². The van der Waals surface area contributed by atoms with E-state index in [0.717, 1.165) is 0 Å². The molecule has 0 aromatic carbocycles. The first-order valence-corrected chi connectivity index (χ1v) is 9.09. The second-order valence-electron chi connectivity index (χ2n) is 7.21. The Kier molecular flexibility index (Phi) is 8.64. The van der Waals surface area contributed by atoms with Gasteiger partial charge in [-0.25, -0.2) is 4.79 Å². The van der Waals surface area contributed by atoms with E-state index < -0.39 is 47.9 Å². The Balaban J connectivity index is 2.95. The van der Waals surface area contributed by atoms with Crippen molar-refractivity contribution in [2.24, 2.45) is 11.7 Å². The first-order valence-electron chi connectivity index (χ1n) is 9.09. The van der Waals surface area contributed by atoms with E-state index >= 15 is 0 Å². The number of nitrogens with one attached hydrogen (secondary N) is 2. The molecule has 6 N–H and O–H groups in total. The molecule has 0 radical (unpaired) electrons. The molecule has 4 atom stereocenters. The number of aliphatic hydroxyl groups is 1. The first-order chi connectivity index (χ1) is 12.6. The number of hydrogen-bond donors (Lipinski definition) is 5. The van der Waals surface area contributed by atoms with Gasteiger partial charge >= 0.3 is 5.97 Å². The minimum absolute atomic E-state index is 0.0498. The Morgan fingerprint density at radius 2 is 1.81 bits per heavy atom. The van der Waals surface area contributed by atoms with Crippen molar-refractivity contribution in [3.63, 3.8) is 0 Å². The molecule has 1 fully saturated rings. The van der Waals surface area contributed by atoms with Crippen LogP contribution in [-0.2, 0) is 19.2 Å². The van der Waals surface area contributed by atoms with Crippen molar-refractivity contribution in [1.29, 1.82) is 0 Å². The minimum atomic E-state index is -1.27. The van der Waals surface area contributed by atoms with Gasteiger partial charge in [-0.3, -0.25) is 14.4 Å². The summed E-state index contributed by atoms with van der Waals surface area (Å²) >= 11 is 0. The van der Waals surface area contributed by atoms with Crippen LogP contribution in [0.3, 0.4) is 0 Å². The molecule has 1 aliphatic heterocycles. The Labute approximate surface area is 158 Å². The summed E-state index contributed by atoms with van der Waals surface area (Å²) in [6.45, 7) is 5.03. The van der Waals surface area contributed by atoms with Gasteiger partial charge in [0.15, 0.2) is 0 Å². The highest BCUT2D eigenvalue weighted by Gasteiger charge is 2.38. The summed E-state index contributed by atoms with van der Waals surface area (Å²) in [4.78, 5) is 49.5. The summed E-state index contributed by atoms with van der Waals surface area (Å²) < 4.78 is 0. The lowest BCUT2D eigenvalue weighted by Gasteiger charge is -2.30. The van der Waals surface area contributed by atoms with Crippen LogP contribution in [0, 0.1) is 5.92 Å². The minimum Gasteiger partial charge on any atom is -0.480 e. The number of carbonyl (C=O) groups is 4. The summed E-state index contributed by atoms with van der Waals surface area (Å²) in [7, 11) is 0. The molecular formula is C17H30N4O6. The highest BCUT2D eigenvalue weighted by Crippen LogP contribution is 2.20. The molecule has 0 bridgehead atoms. The fraction of sp³-hybridized carbons (Fsp3) is 0.765. The number of carboxylic acids is 1. The number of rotatable bonds is 9. The van der Waals surface area contributed by atoms with Gasteiger partial charge in [0.25, 0.3) is 0 Å². The lowest BCUT2D eigenvalue weighted by Crippen LogP contribution is -2.59. The van der Waals surface area contributed by atoms with Crippen molar-refractivity contribution in [2.75, 3.05) is 13.1 Å². The molecule has 0 aliphatic carbocycles. The number of aliphatic hydroxyl groups excluding tert-OH is 1. The van der Waals surface area contributed by atoms with E-state index in [1.54, 1.807) is 0 Å². The van der Waals surface area contributed by atoms with Gasteiger partial charge in [-0.2, -0.15) is 0 Å². The maximum atomic E-state index is 12.9. The van der Waals surface area contributed by atoms with Crippen LogP contribution in [-0.4, -0.2) is 76.1 Å². The van der Waals surface area contributed by atoms with Gasteiger partial charge < -0.3 is 31.5 Å². The average molecular weight is 386 g/mol. The van der Waals surface area contributed by atoms with Crippen LogP contribution in [0.15, 0.2) is 0 Å². The monoisotopic (exact) mass is 386 g/mol. The van der Waals surface area contributed by atoms with Crippen molar-refractivity contribution in [1.82, 2.24) is 15.5 Å². The van der Waals surface area contributed by atoms with Crippen LogP contribution < -0.4 is 16.4 Å². The van der Waals surface area contributed by atoms with Crippen molar-refractivity contribution in [2.45, 2.75) is 64.3 Å². The lowest BCUT2D eigenvalue weighted by atomic mass is 10.0. The van der Waals surface area contributed by atoms with E-state index in [0.29, 0.717) is 25.8 Å². The normalized spacial score (nSPS) is 20.1. The SMILES string of the molecule is CC(C)CC(NC(=O)C(NC(=O)CN)C(C)O)C(=O)N1CCCC1C(=O)O. The van der Waals surface area contributed by atoms with E-state index in [-0.39, 0.29) is 12.5 Å². The number of nitrogens with two attached hydrogens (primary N) is 1. The molecule has 154 valence electrons. The van der Waals surface area contributed by atoms with E-state index in [4.69, 9.17) is 5.73 Å². The van der Waals surface area contributed by atoms with E-state index in [9.17, 15) is 29.4 Å². The van der Waals surface area contributed by atoms with E-state index in [2.05, 4.69) is 10.6 Å². The van der Waals surface area contributed by atoms with Crippen LogP contribution in [0.2, 0.25) is 0 Å². The lowest BCUT2D eigenvalue weighted by molar-refractivity contribution is -0.149. The molecule has 4 unspecified atom stereocenters. The predicted molar refractivity (Wildman–Crippen MR) is 96.4 cm³/mol. The Morgan fingerprint density at radius 3 is 2.30 bits per heavy atom. The molecule has 1 aliphatic rings. The van der Waals surface area contributed by atoms with E-state index in [1.165, 1.54) is 11.8 Å².